The molecule has 0 fully saturated rings. The van der Waals surface area contributed by atoms with E-state index >= 15 is 0 Å². The van der Waals surface area contributed by atoms with Gasteiger partial charge in [0.2, 0.25) is 0 Å². The van der Waals surface area contributed by atoms with Crippen molar-refractivity contribution in [2.45, 2.75) is 13.8 Å². The number of rotatable bonds is 3. The number of para-hydroxylation sites is 3. The molecule has 0 saturated heterocycles. The van der Waals surface area contributed by atoms with Crippen molar-refractivity contribution in [2.24, 2.45) is 0 Å². The Kier molecular flexibility index (Phi) is 6.60. The first-order chi connectivity index (χ1) is 24.3. The number of benzene rings is 7. The predicted molar refractivity (Wildman–Crippen MR) is 204 cm³/mol. The van der Waals surface area contributed by atoms with Crippen molar-refractivity contribution in [2.75, 3.05) is 0 Å². The Hall–Kier alpha value is -6.57. The summed E-state index contributed by atoms with van der Waals surface area (Å²) in [6.07, 6.45) is 0. The van der Waals surface area contributed by atoms with Gasteiger partial charge in [-0.05, 0) is 90.0 Å². The second kappa shape index (κ2) is 11.3. The highest BCUT2D eigenvalue weighted by atomic mass is 16.3. The molecule has 10 aromatic rings. The van der Waals surface area contributed by atoms with Gasteiger partial charge in [-0.15, -0.1) is 0 Å². The topological polar surface area (TPSA) is 46.8 Å². The molecule has 10 rings (SSSR count). The lowest BCUT2D eigenvalue weighted by molar-refractivity contribution is 0.669. The van der Waals surface area contributed by atoms with Crippen LogP contribution in [-0.2, 0) is 0 Å². The molecular weight excluding hydrogens is 599 g/mol. The Morgan fingerprint density at radius 2 is 1.10 bits per heavy atom. The molecule has 0 aliphatic rings. The maximum atomic E-state index is 9.55. The molecule has 232 valence electrons. The van der Waals surface area contributed by atoms with E-state index in [1.165, 1.54) is 43.7 Å². The van der Waals surface area contributed by atoms with Crippen molar-refractivity contribution in [1.82, 2.24) is 9.13 Å². The zero-order valence-corrected chi connectivity index (χ0v) is 27.2. The minimum atomic E-state index is 0.621. The summed E-state index contributed by atoms with van der Waals surface area (Å²) in [6.45, 7) is 4.00. The summed E-state index contributed by atoms with van der Waals surface area (Å²) < 4.78 is 10.9. The van der Waals surface area contributed by atoms with E-state index in [9.17, 15) is 5.26 Å². The van der Waals surface area contributed by atoms with E-state index in [0.29, 0.717) is 5.56 Å². The van der Waals surface area contributed by atoms with Gasteiger partial charge in [-0.2, -0.15) is 5.26 Å². The van der Waals surface area contributed by atoms with Crippen molar-refractivity contribution < 1.29 is 4.42 Å². The van der Waals surface area contributed by atoms with Crippen molar-refractivity contribution in [3.8, 4) is 28.6 Å². The number of furan rings is 1. The Morgan fingerprint density at radius 3 is 1.90 bits per heavy atom. The third kappa shape index (κ3) is 4.30. The second-order valence-electron chi connectivity index (χ2n) is 12.1. The molecule has 0 bridgehead atoms. The first-order valence-electron chi connectivity index (χ1n) is 16.7. The largest absolute Gasteiger partial charge is 0.456 e. The molecule has 0 amide bonds. The molecule has 3 aromatic heterocycles. The second-order valence-corrected chi connectivity index (χ2v) is 12.1. The van der Waals surface area contributed by atoms with Gasteiger partial charge >= 0.3 is 0 Å². The van der Waals surface area contributed by atoms with Crippen molar-refractivity contribution in [3.05, 3.63) is 157 Å². The average molecular weight is 630 g/mol. The van der Waals surface area contributed by atoms with Gasteiger partial charge in [0.25, 0.3) is 0 Å². The van der Waals surface area contributed by atoms with E-state index in [1.54, 1.807) is 6.07 Å². The molecule has 4 nitrogen and oxygen atoms in total. The zero-order chi connectivity index (χ0) is 33.1. The van der Waals surface area contributed by atoms with Crippen LogP contribution in [0.1, 0.15) is 19.4 Å². The van der Waals surface area contributed by atoms with Gasteiger partial charge in [0, 0.05) is 43.7 Å². The fraction of sp³-hybridized carbons (Fsp3) is 0.0444. The summed E-state index contributed by atoms with van der Waals surface area (Å²) in [7, 11) is 0. The summed E-state index contributed by atoms with van der Waals surface area (Å²) >= 11 is 0. The van der Waals surface area contributed by atoms with E-state index in [2.05, 4.69) is 143 Å². The minimum Gasteiger partial charge on any atom is -0.456 e. The summed E-state index contributed by atoms with van der Waals surface area (Å²) in [5.74, 6) is 0. The molecule has 0 aliphatic heterocycles. The molecule has 0 radical (unpaired) electrons. The van der Waals surface area contributed by atoms with Gasteiger partial charge in [-0.3, -0.25) is 0 Å². The molecule has 0 spiro atoms. The molecular formula is C45H31N3O. The fourth-order valence-electron chi connectivity index (χ4n) is 7.51. The quantitative estimate of drug-likeness (QED) is 0.195. The van der Waals surface area contributed by atoms with Crippen molar-refractivity contribution in [1.29, 1.82) is 5.26 Å². The Bertz CT molecular complexity index is 2920. The van der Waals surface area contributed by atoms with E-state index in [-0.39, 0.29) is 0 Å². The number of nitriles is 1. The number of hydrogen-bond acceptors (Lipinski definition) is 2. The highest BCUT2D eigenvalue weighted by Gasteiger charge is 2.19. The molecule has 3 heterocycles. The fourth-order valence-corrected chi connectivity index (χ4v) is 7.51. The van der Waals surface area contributed by atoms with Crippen LogP contribution in [-0.4, -0.2) is 9.13 Å². The van der Waals surface area contributed by atoms with E-state index < -0.39 is 0 Å². The first kappa shape index (κ1) is 28.6. The van der Waals surface area contributed by atoms with Gasteiger partial charge in [0.15, 0.2) is 0 Å². The highest BCUT2D eigenvalue weighted by Crippen LogP contribution is 2.42. The Labute approximate surface area is 283 Å². The minimum absolute atomic E-state index is 0.621. The highest BCUT2D eigenvalue weighted by molar-refractivity contribution is 6.17. The lowest BCUT2D eigenvalue weighted by atomic mass is 9.98. The van der Waals surface area contributed by atoms with E-state index in [4.69, 9.17) is 4.42 Å². The van der Waals surface area contributed by atoms with Crippen LogP contribution < -0.4 is 0 Å². The lowest BCUT2D eigenvalue weighted by Crippen LogP contribution is -1.93. The molecule has 0 unspecified atom stereocenters. The Morgan fingerprint density at radius 1 is 0.469 bits per heavy atom. The summed E-state index contributed by atoms with van der Waals surface area (Å²) in [4.78, 5) is 0. The molecule has 0 aliphatic carbocycles. The van der Waals surface area contributed by atoms with Gasteiger partial charge < -0.3 is 13.6 Å². The maximum absolute atomic E-state index is 9.55. The number of fused-ring (bicyclic) bond motifs is 9. The van der Waals surface area contributed by atoms with E-state index in [1.807, 2.05) is 32.0 Å². The number of aromatic nitrogens is 2. The van der Waals surface area contributed by atoms with Crippen molar-refractivity contribution in [3.63, 3.8) is 0 Å². The smallest absolute Gasteiger partial charge is 0.135 e. The van der Waals surface area contributed by atoms with Crippen LogP contribution in [0.25, 0.3) is 88.1 Å². The standard InChI is InChI=1S/C43H25N3O.C2H6/c44-26-27-17-21-41-35(23-27)36-25-30(19-22-42(36)47-41)46-38-15-7-5-12-33(38)43-31(13-8-16-40(43)46)28-18-20-39-34(24-28)32-11-4-6-14-37(32)45(39)29-9-2-1-3-10-29;1-2/h1-25H;1-2H3. The predicted octanol–water partition coefficient (Wildman–Crippen LogP) is 12.3. The molecule has 0 atom stereocenters. The lowest BCUT2D eigenvalue weighted by Gasteiger charge is -2.10. The summed E-state index contributed by atoms with van der Waals surface area (Å²) in [6, 6.07) is 55.6. The third-order valence-electron chi connectivity index (χ3n) is 9.54. The molecule has 49 heavy (non-hydrogen) atoms. The normalized spacial score (nSPS) is 11.4. The summed E-state index contributed by atoms with van der Waals surface area (Å²) in [5.41, 5.74) is 11.5. The molecule has 7 aromatic carbocycles. The molecule has 0 N–H and O–H groups in total. The first-order valence-corrected chi connectivity index (χ1v) is 16.7. The Balaban J connectivity index is 0.00000160. The van der Waals surface area contributed by atoms with Crippen LogP contribution in [0.2, 0.25) is 0 Å². The van der Waals surface area contributed by atoms with Gasteiger partial charge in [-0.25, -0.2) is 0 Å². The maximum Gasteiger partial charge on any atom is 0.135 e. The van der Waals surface area contributed by atoms with Crippen LogP contribution in [0, 0.1) is 11.3 Å². The van der Waals surface area contributed by atoms with Crippen LogP contribution in [0.15, 0.2) is 156 Å². The SMILES string of the molecule is CC.N#Cc1ccc2oc3ccc(-n4c5ccccc5c5c(-c6ccc7c(c6)c6ccccc6n7-c6ccccc6)cccc54)cc3c2c1. The molecule has 0 saturated carbocycles. The monoisotopic (exact) mass is 629 g/mol. The average Bonchev–Trinajstić information content (AvgIpc) is 3.82. The van der Waals surface area contributed by atoms with E-state index in [0.717, 1.165) is 44.3 Å². The van der Waals surface area contributed by atoms with Crippen LogP contribution >= 0.6 is 0 Å². The number of nitrogens with zero attached hydrogens (tertiary/aromatic N) is 3. The van der Waals surface area contributed by atoms with Crippen LogP contribution in [0.3, 0.4) is 0 Å². The van der Waals surface area contributed by atoms with Crippen LogP contribution in [0.4, 0.5) is 0 Å². The van der Waals surface area contributed by atoms with Crippen molar-refractivity contribution >= 4 is 65.6 Å². The molecule has 4 heteroatoms. The summed E-state index contributed by atoms with van der Waals surface area (Å²) in [5, 5.41) is 16.4. The zero-order valence-electron chi connectivity index (χ0n) is 27.2. The third-order valence-corrected chi connectivity index (χ3v) is 9.54. The number of hydrogen-bond donors (Lipinski definition) is 0. The van der Waals surface area contributed by atoms with Gasteiger partial charge in [0.1, 0.15) is 11.2 Å². The van der Waals surface area contributed by atoms with Gasteiger partial charge in [0.05, 0.1) is 33.7 Å². The van der Waals surface area contributed by atoms with Gasteiger partial charge in [-0.1, -0.05) is 86.6 Å². The van der Waals surface area contributed by atoms with Crippen LogP contribution in [0.5, 0.6) is 0 Å².